The summed E-state index contributed by atoms with van der Waals surface area (Å²) in [6.45, 7) is 12.6. The highest BCUT2D eigenvalue weighted by Gasteiger charge is 2.28. The van der Waals surface area contributed by atoms with Crippen LogP contribution in [0, 0.1) is 11.8 Å². The Morgan fingerprint density at radius 3 is 2.69 bits per heavy atom. The SMILES string of the molecule is CC(C)CN1CCc2nnc(C(NC(=O)c3ccoc3)C(C)C)n2CC1. The molecule has 1 unspecified atom stereocenters. The average molecular weight is 359 g/mol. The molecule has 0 radical (unpaired) electrons. The summed E-state index contributed by atoms with van der Waals surface area (Å²) in [4.78, 5) is 15.0. The summed E-state index contributed by atoms with van der Waals surface area (Å²) in [7, 11) is 0. The van der Waals surface area contributed by atoms with E-state index in [1.807, 2.05) is 0 Å². The first kappa shape index (κ1) is 18.6. The number of carbonyl (C=O) groups excluding carboxylic acids is 1. The molecular weight excluding hydrogens is 330 g/mol. The Morgan fingerprint density at radius 2 is 2.04 bits per heavy atom. The van der Waals surface area contributed by atoms with E-state index >= 15 is 0 Å². The Kier molecular flexibility index (Phi) is 5.76. The number of nitrogens with zero attached hydrogens (tertiary/aromatic N) is 4. The van der Waals surface area contributed by atoms with Crippen molar-refractivity contribution in [3.05, 3.63) is 35.8 Å². The number of nitrogens with one attached hydrogen (secondary N) is 1. The van der Waals surface area contributed by atoms with Gasteiger partial charge in [-0.05, 0) is 17.9 Å². The van der Waals surface area contributed by atoms with Crippen LogP contribution in [0.25, 0.3) is 0 Å². The van der Waals surface area contributed by atoms with Gasteiger partial charge in [-0.1, -0.05) is 27.7 Å². The van der Waals surface area contributed by atoms with Crippen molar-refractivity contribution in [2.24, 2.45) is 11.8 Å². The Labute approximate surface area is 154 Å². The summed E-state index contributed by atoms with van der Waals surface area (Å²) >= 11 is 0. The summed E-state index contributed by atoms with van der Waals surface area (Å²) < 4.78 is 7.21. The second-order valence-corrected chi connectivity index (χ2v) is 7.78. The first-order chi connectivity index (χ1) is 12.5. The molecule has 7 heteroatoms. The van der Waals surface area contributed by atoms with E-state index < -0.39 is 0 Å². The van der Waals surface area contributed by atoms with Gasteiger partial charge in [0.25, 0.3) is 5.91 Å². The van der Waals surface area contributed by atoms with Crippen LogP contribution in [0.4, 0.5) is 0 Å². The third kappa shape index (κ3) is 4.15. The first-order valence-electron chi connectivity index (χ1n) is 9.43. The molecule has 0 aliphatic carbocycles. The fourth-order valence-corrected chi connectivity index (χ4v) is 3.47. The van der Waals surface area contributed by atoms with Crippen molar-refractivity contribution in [2.45, 2.75) is 46.7 Å². The van der Waals surface area contributed by atoms with E-state index in [4.69, 9.17) is 4.42 Å². The maximum absolute atomic E-state index is 12.5. The van der Waals surface area contributed by atoms with Crippen LogP contribution in [0.2, 0.25) is 0 Å². The highest BCUT2D eigenvalue weighted by molar-refractivity contribution is 5.94. The van der Waals surface area contributed by atoms with E-state index in [0.717, 1.165) is 44.2 Å². The summed E-state index contributed by atoms with van der Waals surface area (Å²) in [6, 6.07) is 1.48. The third-order valence-corrected chi connectivity index (χ3v) is 4.79. The Hall–Kier alpha value is -2.15. The predicted molar refractivity (Wildman–Crippen MR) is 98.8 cm³/mol. The highest BCUT2D eigenvalue weighted by atomic mass is 16.3. The van der Waals surface area contributed by atoms with Gasteiger partial charge in [-0.25, -0.2) is 0 Å². The number of aromatic nitrogens is 3. The molecule has 0 bridgehead atoms. The number of hydrogen-bond donors (Lipinski definition) is 1. The number of rotatable bonds is 6. The molecule has 1 aliphatic rings. The van der Waals surface area contributed by atoms with Crippen LogP contribution in [0.15, 0.2) is 23.0 Å². The molecule has 0 spiro atoms. The molecular formula is C19H29N5O2. The maximum atomic E-state index is 12.5. The molecule has 1 aliphatic heterocycles. The molecule has 2 aromatic heterocycles. The lowest BCUT2D eigenvalue weighted by molar-refractivity contribution is 0.0921. The maximum Gasteiger partial charge on any atom is 0.255 e. The lowest BCUT2D eigenvalue weighted by Gasteiger charge is -2.24. The van der Waals surface area contributed by atoms with Gasteiger partial charge in [-0.3, -0.25) is 4.79 Å². The Morgan fingerprint density at radius 1 is 1.23 bits per heavy atom. The standard InChI is InChI=1S/C19H29N5O2/c1-13(2)11-23-7-5-16-21-22-18(24(16)9-8-23)17(14(3)4)20-19(25)15-6-10-26-12-15/h6,10,12-14,17H,5,7-9,11H2,1-4H3,(H,20,25). The van der Waals surface area contributed by atoms with Crippen LogP contribution in [0.1, 0.15) is 55.7 Å². The van der Waals surface area contributed by atoms with Crippen LogP contribution in [-0.4, -0.2) is 45.2 Å². The van der Waals surface area contributed by atoms with E-state index in [0.29, 0.717) is 11.5 Å². The zero-order valence-electron chi connectivity index (χ0n) is 16.1. The second kappa shape index (κ2) is 8.03. The van der Waals surface area contributed by atoms with Crippen molar-refractivity contribution in [1.29, 1.82) is 0 Å². The van der Waals surface area contributed by atoms with Gasteiger partial charge in [0.15, 0.2) is 5.82 Å². The minimum atomic E-state index is -0.185. The largest absolute Gasteiger partial charge is 0.472 e. The molecule has 1 amide bonds. The van der Waals surface area contributed by atoms with E-state index in [1.165, 1.54) is 12.5 Å². The van der Waals surface area contributed by atoms with Gasteiger partial charge in [-0.15, -0.1) is 10.2 Å². The lowest BCUT2D eigenvalue weighted by Crippen LogP contribution is -2.34. The Balaban J connectivity index is 1.78. The minimum absolute atomic E-state index is 0.148. The van der Waals surface area contributed by atoms with Gasteiger partial charge in [-0.2, -0.15) is 0 Å². The summed E-state index contributed by atoms with van der Waals surface area (Å²) in [5, 5.41) is 12.0. The molecule has 7 nitrogen and oxygen atoms in total. The quantitative estimate of drug-likeness (QED) is 0.858. The third-order valence-electron chi connectivity index (χ3n) is 4.79. The lowest BCUT2D eigenvalue weighted by atomic mass is 10.0. The van der Waals surface area contributed by atoms with E-state index in [1.54, 1.807) is 6.07 Å². The number of amides is 1. The molecule has 142 valence electrons. The van der Waals surface area contributed by atoms with Crippen LogP contribution in [-0.2, 0) is 13.0 Å². The van der Waals surface area contributed by atoms with Crippen LogP contribution < -0.4 is 5.32 Å². The van der Waals surface area contributed by atoms with Crippen LogP contribution in [0.3, 0.4) is 0 Å². The molecule has 3 rings (SSSR count). The van der Waals surface area contributed by atoms with Gasteiger partial charge >= 0.3 is 0 Å². The van der Waals surface area contributed by atoms with Gasteiger partial charge < -0.3 is 19.2 Å². The van der Waals surface area contributed by atoms with Crippen molar-refractivity contribution in [1.82, 2.24) is 25.0 Å². The number of hydrogen-bond acceptors (Lipinski definition) is 5. The van der Waals surface area contributed by atoms with Crippen molar-refractivity contribution in [3.8, 4) is 0 Å². The van der Waals surface area contributed by atoms with Gasteiger partial charge in [0.05, 0.1) is 17.9 Å². The van der Waals surface area contributed by atoms with Gasteiger partial charge in [0.2, 0.25) is 0 Å². The molecule has 0 saturated carbocycles. The first-order valence-corrected chi connectivity index (χ1v) is 9.43. The van der Waals surface area contributed by atoms with Gasteiger partial charge in [0, 0.05) is 32.6 Å². The number of carbonyl (C=O) groups is 1. The average Bonchev–Trinajstić information content (AvgIpc) is 3.21. The van der Waals surface area contributed by atoms with Crippen molar-refractivity contribution in [3.63, 3.8) is 0 Å². The highest BCUT2D eigenvalue weighted by Crippen LogP contribution is 2.23. The molecule has 26 heavy (non-hydrogen) atoms. The van der Waals surface area contributed by atoms with Crippen LogP contribution in [0.5, 0.6) is 0 Å². The summed E-state index contributed by atoms with van der Waals surface area (Å²) in [5.74, 6) is 2.56. The Bertz CT molecular complexity index is 720. The number of furan rings is 1. The molecule has 0 fully saturated rings. The van der Waals surface area contributed by atoms with Crippen molar-refractivity contribution in [2.75, 3.05) is 19.6 Å². The van der Waals surface area contributed by atoms with E-state index in [-0.39, 0.29) is 17.9 Å². The predicted octanol–water partition coefficient (Wildman–Crippen LogP) is 2.51. The van der Waals surface area contributed by atoms with E-state index in [9.17, 15) is 4.79 Å². The molecule has 1 N–H and O–H groups in total. The zero-order chi connectivity index (χ0) is 18.7. The van der Waals surface area contributed by atoms with Crippen molar-refractivity contribution < 1.29 is 9.21 Å². The van der Waals surface area contributed by atoms with Gasteiger partial charge in [0.1, 0.15) is 12.1 Å². The fraction of sp³-hybridized carbons (Fsp3) is 0.632. The molecule has 3 heterocycles. The smallest absolute Gasteiger partial charge is 0.255 e. The van der Waals surface area contributed by atoms with Crippen molar-refractivity contribution >= 4 is 5.91 Å². The fourth-order valence-electron chi connectivity index (χ4n) is 3.47. The zero-order valence-corrected chi connectivity index (χ0v) is 16.1. The molecule has 2 aromatic rings. The van der Waals surface area contributed by atoms with E-state index in [2.05, 4.69) is 52.7 Å². The number of fused-ring (bicyclic) bond motifs is 1. The second-order valence-electron chi connectivity index (χ2n) is 7.78. The summed E-state index contributed by atoms with van der Waals surface area (Å²) in [6.07, 6.45) is 3.85. The molecule has 0 saturated heterocycles. The molecule has 0 aromatic carbocycles. The normalized spacial score (nSPS) is 16.5. The molecule has 1 atom stereocenters. The minimum Gasteiger partial charge on any atom is -0.472 e. The summed E-state index contributed by atoms with van der Waals surface area (Å²) in [5.41, 5.74) is 0.523. The topological polar surface area (TPSA) is 76.2 Å². The van der Waals surface area contributed by atoms with Crippen LogP contribution >= 0.6 is 0 Å². The monoisotopic (exact) mass is 359 g/mol.